The molecule has 1 amide bonds. The maximum atomic E-state index is 13.6. The van der Waals surface area contributed by atoms with Crippen LogP contribution in [0.4, 0.5) is 10.1 Å². The third-order valence-electron chi connectivity index (χ3n) is 3.07. The van der Waals surface area contributed by atoms with Crippen molar-refractivity contribution in [3.05, 3.63) is 53.3 Å². The molecule has 25 heavy (non-hydrogen) atoms. The van der Waals surface area contributed by atoms with Crippen LogP contribution in [0.5, 0.6) is 5.75 Å². The average molecular weight is 387 g/mol. The molecule has 0 aliphatic carbocycles. The lowest BCUT2D eigenvalue weighted by Crippen LogP contribution is -2.33. The summed E-state index contributed by atoms with van der Waals surface area (Å²) in [5.41, 5.74) is -0.0883. The van der Waals surface area contributed by atoms with Crippen LogP contribution in [0.3, 0.4) is 0 Å². The van der Waals surface area contributed by atoms with E-state index in [1.807, 2.05) is 6.92 Å². The van der Waals surface area contributed by atoms with Gasteiger partial charge in [-0.2, -0.15) is 0 Å². The SMILES string of the molecule is CCOc1ccc(S(=O)(=O)NCC(=O)Nc2ccc(Cl)cc2F)cc1. The molecule has 0 saturated heterocycles. The Balaban J connectivity index is 1.97. The number of ether oxygens (including phenoxy) is 1. The molecule has 2 N–H and O–H groups in total. The maximum Gasteiger partial charge on any atom is 0.241 e. The number of rotatable bonds is 7. The zero-order chi connectivity index (χ0) is 18.4. The molecule has 0 spiro atoms. The summed E-state index contributed by atoms with van der Waals surface area (Å²) in [5, 5.41) is 2.45. The highest BCUT2D eigenvalue weighted by Gasteiger charge is 2.16. The van der Waals surface area contributed by atoms with Crippen molar-refractivity contribution in [2.75, 3.05) is 18.5 Å². The molecule has 0 aromatic heterocycles. The number of benzene rings is 2. The van der Waals surface area contributed by atoms with Gasteiger partial charge in [-0.05, 0) is 49.4 Å². The monoisotopic (exact) mass is 386 g/mol. The molecule has 0 aliphatic rings. The van der Waals surface area contributed by atoms with E-state index in [1.54, 1.807) is 0 Å². The van der Waals surface area contributed by atoms with Gasteiger partial charge in [0, 0.05) is 5.02 Å². The van der Waals surface area contributed by atoms with Gasteiger partial charge in [0.25, 0.3) is 0 Å². The summed E-state index contributed by atoms with van der Waals surface area (Å²) >= 11 is 5.62. The highest BCUT2D eigenvalue weighted by molar-refractivity contribution is 7.89. The Hall–Kier alpha value is -2.16. The second-order valence-electron chi connectivity index (χ2n) is 4.90. The van der Waals surface area contributed by atoms with Crippen LogP contribution in [0.2, 0.25) is 5.02 Å². The largest absolute Gasteiger partial charge is 0.494 e. The zero-order valence-corrected chi connectivity index (χ0v) is 14.8. The van der Waals surface area contributed by atoms with Crippen molar-refractivity contribution in [1.29, 1.82) is 0 Å². The van der Waals surface area contributed by atoms with Gasteiger partial charge in [-0.1, -0.05) is 11.6 Å². The van der Waals surface area contributed by atoms with Crippen LogP contribution in [0.25, 0.3) is 0 Å². The van der Waals surface area contributed by atoms with E-state index in [1.165, 1.54) is 36.4 Å². The standard InChI is InChI=1S/C16H16ClFN2O4S/c1-2-24-12-4-6-13(7-5-12)25(22,23)19-10-16(21)20-15-8-3-11(17)9-14(15)18/h3-9,19H,2,10H2,1H3,(H,20,21). The van der Waals surface area contributed by atoms with E-state index in [0.29, 0.717) is 12.4 Å². The molecule has 2 rings (SSSR count). The molecular formula is C16H16ClFN2O4S. The maximum absolute atomic E-state index is 13.6. The van der Waals surface area contributed by atoms with E-state index in [9.17, 15) is 17.6 Å². The molecule has 2 aromatic rings. The number of carbonyl (C=O) groups excluding carboxylic acids is 1. The van der Waals surface area contributed by atoms with Gasteiger partial charge < -0.3 is 10.1 Å². The minimum Gasteiger partial charge on any atom is -0.494 e. The number of halogens is 2. The lowest BCUT2D eigenvalue weighted by atomic mass is 10.3. The lowest BCUT2D eigenvalue weighted by Gasteiger charge is -2.09. The van der Waals surface area contributed by atoms with Gasteiger partial charge in [-0.15, -0.1) is 0 Å². The van der Waals surface area contributed by atoms with Crippen LogP contribution in [0, 0.1) is 5.82 Å². The first-order chi connectivity index (χ1) is 11.8. The van der Waals surface area contributed by atoms with Crippen molar-refractivity contribution in [1.82, 2.24) is 4.72 Å². The smallest absolute Gasteiger partial charge is 0.241 e. The first kappa shape index (κ1) is 19.2. The number of anilines is 1. The van der Waals surface area contributed by atoms with Gasteiger partial charge in [0.2, 0.25) is 15.9 Å². The van der Waals surface area contributed by atoms with Crippen LogP contribution in [-0.2, 0) is 14.8 Å². The van der Waals surface area contributed by atoms with Gasteiger partial charge in [0.15, 0.2) is 0 Å². The third-order valence-corrected chi connectivity index (χ3v) is 4.73. The number of hydrogen-bond donors (Lipinski definition) is 2. The lowest BCUT2D eigenvalue weighted by molar-refractivity contribution is -0.115. The summed E-state index contributed by atoms with van der Waals surface area (Å²) in [7, 11) is -3.88. The fourth-order valence-corrected chi connectivity index (χ4v) is 3.05. The van der Waals surface area contributed by atoms with Crippen LogP contribution >= 0.6 is 11.6 Å². The molecule has 2 aromatic carbocycles. The van der Waals surface area contributed by atoms with E-state index in [2.05, 4.69) is 10.0 Å². The van der Waals surface area contributed by atoms with E-state index in [-0.39, 0.29) is 15.6 Å². The van der Waals surface area contributed by atoms with E-state index >= 15 is 0 Å². The zero-order valence-electron chi connectivity index (χ0n) is 13.3. The molecule has 6 nitrogen and oxygen atoms in total. The Kier molecular flexibility index (Phi) is 6.35. The number of amides is 1. The Morgan fingerprint density at radius 1 is 1.20 bits per heavy atom. The highest BCUT2D eigenvalue weighted by Crippen LogP contribution is 2.19. The predicted octanol–water partition coefficient (Wildman–Crippen LogP) is 2.79. The molecule has 134 valence electrons. The minimum absolute atomic E-state index is 0.0126. The minimum atomic E-state index is -3.88. The second-order valence-corrected chi connectivity index (χ2v) is 7.10. The summed E-state index contributed by atoms with van der Waals surface area (Å²) in [5.74, 6) is -0.886. The Morgan fingerprint density at radius 2 is 1.88 bits per heavy atom. The molecule has 0 atom stereocenters. The summed E-state index contributed by atoms with van der Waals surface area (Å²) in [6, 6.07) is 9.50. The quantitative estimate of drug-likeness (QED) is 0.766. The fourth-order valence-electron chi connectivity index (χ4n) is 1.91. The van der Waals surface area contributed by atoms with Crippen molar-refractivity contribution in [2.24, 2.45) is 0 Å². The van der Waals surface area contributed by atoms with Gasteiger partial charge >= 0.3 is 0 Å². The summed E-state index contributed by atoms with van der Waals surface area (Å²) in [4.78, 5) is 11.8. The second kappa shape index (κ2) is 8.28. The number of hydrogen-bond acceptors (Lipinski definition) is 4. The number of sulfonamides is 1. The van der Waals surface area contributed by atoms with Gasteiger partial charge in [0.1, 0.15) is 11.6 Å². The highest BCUT2D eigenvalue weighted by atomic mass is 35.5. The fraction of sp³-hybridized carbons (Fsp3) is 0.188. The number of nitrogens with one attached hydrogen (secondary N) is 2. The summed E-state index contributed by atoms with van der Waals surface area (Å²) < 4.78 is 45.3. The van der Waals surface area contributed by atoms with Crippen LogP contribution in [-0.4, -0.2) is 27.5 Å². The Bertz CT molecular complexity index is 857. The van der Waals surface area contributed by atoms with Crippen molar-refractivity contribution >= 4 is 33.2 Å². The third kappa shape index (κ3) is 5.42. The molecule has 9 heteroatoms. The van der Waals surface area contributed by atoms with Gasteiger partial charge in [-0.25, -0.2) is 17.5 Å². The van der Waals surface area contributed by atoms with Crippen molar-refractivity contribution < 1.29 is 22.3 Å². The van der Waals surface area contributed by atoms with E-state index in [0.717, 1.165) is 6.07 Å². The molecule has 0 bridgehead atoms. The molecule has 0 fully saturated rings. The normalized spacial score (nSPS) is 11.2. The Morgan fingerprint density at radius 3 is 2.48 bits per heavy atom. The van der Waals surface area contributed by atoms with Crippen molar-refractivity contribution in [3.63, 3.8) is 0 Å². The first-order valence-corrected chi connectivity index (χ1v) is 9.15. The van der Waals surface area contributed by atoms with Crippen molar-refractivity contribution in [2.45, 2.75) is 11.8 Å². The summed E-state index contributed by atoms with van der Waals surface area (Å²) in [6.07, 6.45) is 0. The van der Waals surface area contributed by atoms with Gasteiger partial charge in [-0.3, -0.25) is 4.79 Å². The first-order valence-electron chi connectivity index (χ1n) is 7.29. The molecule has 0 aliphatic heterocycles. The predicted molar refractivity (Wildman–Crippen MR) is 92.8 cm³/mol. The average Bonchev–Trinajstić information content (AvgIpc) is 2.57. The molecule has 0 unspecified atom stereocenters. The molecule has 0 radical (unpaired) electrons. The van der Waals surface area contributed by atoms with Crippen LogP contribution in [0.15, 0.2) is 47.4 Å². The summed E-state index contributed by atoms with van der Waals surface area (Å²) in [6.45, 7) is 1.73. The Labute approximate surface area is 150 Å². The van der Waals surface area contributed by atoms with Crippen molar-refractivity contribution in [3.8, 4) is 5.75 Å². The molecule has 0 saturated carbocycles. The van der Waals surface area contributed by atoms with Crippen LogP contribution < -0.4 is 14.8 Å². The van der Waals surface area contributed by atoms with Gasteiger partial charge in [0.05, 0.1) is 23.7 Å². The van der Waals surface area contributed by atoms with E-state index in [4.69, 9.17) is 16.3 Å². The number of carbonyl (C=O) groups is 1. The van der Waals surface area contributed by atoms with Crippen LogP contribution in [0.1, 0.15) is 6.92 Å². The molecule has 0 heterocycles. The van der Waals surface area contributed by atoms with E-state index < -0.39 is 28.3 Å². The topological polar surface area (TPSA) is 84.5 Å². The molecular weight excluding hydrogens is 371 g/mol.